The summed E-state index contributed by atoms with van der Waals surface area (Å²) in [6, 6.07) is 9.37. The van der Waals surface area contributed by atoms with Gasteiger partial charge in [0, 0.05) is 13.1 Å². The van der Waals surface area contributed by atoms with Crippen molar-refractivity contribution in [1.82, 2.24) is 4.90 Å². The molecule has 100 valence electrons. The molecule has 1 saturated heterocycles. The second-order valence-corrected chi connectivity index (χ2v) is 5.22. The number of amides is 1. The zero-order valence-electron chi connectivity index (χ0n) is 11.4. The van der Waals surface area contributed by atoms with Gasteiger partial charge in [0.2, 0.25) is 5.91 Å². The van der Waals surface area contributed by atoms with Crippen LogP contribution in [0, 0.1) is 17.2 Å². The predicted octanol–water partition coefficient (Wildman–Crippen LogP) is 2.75. The summed E-state index contributed by atoms with van der Waals surface area (Å²) in [7, 11) is 0. The summed E-state index contributed by atoms with van der Waals surface area (Å²) in [5.74, 6) is 0.998. The van der Waals surface area contributed by atoms with Crippen LogP contribution >= 0.6 is 0 Å². The van der Waals surface area contributed by atoms with Crippen molar-refractivity contribution >= 4 is 5.91 Å². The maximum absolute atomic E-state index is 12.2. The van der Waals surface area contributed by atoms with Crippen molar-refractivity contribution in [3.05, 3.63) is 35.4 Å². The number of benzene rings is 1. The van der Waals surface area contributed by atoms with Crippen LogP contribution in [-0.2, 0) is 11.2 Å². The lowest BCUT2D eigenvalue weighted by atomic mass is 9.94. The number of nitriles is 1. The maximum atomic E-state index is 12.2. The summed E-state index contributed by atoms with van der Waals surface area (Å²) in [5.41, 5.74) is 1.63. The van der Waals surface area contributed by atoms with Gasteiger partial charge in [-0.2, -0.15) is 5.26 Å². The Balaban J connectivity index is 1.89. The van der Waals surface area contributed by atoms with Gasteiger partial charge in [0.25, 0.3) is 0 Å². The number of rotatable bonds is 3. The predicted molar refractivity (Wildman–Crippen MR) is 74.5 cm³/mol. The topological polar surface area (TPSA) is 44.1 Å². The van der Waals surface area contributed by atoms with Crippen molar-refractivity contribution in [2.75, 3.05) is 13.1 Å². The first-order chi connectivity index (χ1) is 9.22. The van der Waals surface area contributed by atoms with Crippen molar-refractivity contribution in [2.45, 2.75) is 32.6 Å². The molecule has 0 saturated carbocycles. The molecule has 1 amide bonds. The van der Waals surface area contributed by atoms with Crippen molar-refractivity contribution in [1.29, 1.82) is 5.26 Å². The van der Waals surface area contributed by atoms with Crippen molar-refractivity contribution in [3.8, 4) is 6.07 Å². The fourth-order valence-electron chi connectivity index (χ4n) is 2.57. The van der Waals surface area contributed by atoms with Crippen LogP contribution in [0.3, 0.4) is 0 Å². The molecule has 0 aliphatic carbocycles. The number of carbonyl (C=O) groups excluding carboxylic acids is 1. The molecule has 1 fully saturated rings. The van der Waals surface area contributed by atoms with Gasteiger partial charge in [-0.3, -0.25) is 4.79 Å². The summed E-state index contributed by atoms with van der Waals surface area (Å²) in [4.78, 5) is 14.2. The Kier molecular flexibility index (Phi) is 4.57. The lowest BCUT2D eigenvalue weighted by Crippen LogP contribution is -2.39. The van der Waals surface area contributed by atoms with E-state index in [0.29, 0.717) is 12.0 Å². The number of piperidine rings is 1. The number of likely N-dealkylation sites (tertiary alicyclic amines) is 1. The zero-order chi connectivity index (χ0) is 13.7. The number of hydrogen-bond donors (Lipinski definition) is 0. The first kappa shape index (κ1) is 13.6. The van der Waals surface area contributed by atoms with E-state index in [0.717, 1.165) is 37.4 Å². The molecule has 1 aliphatic rings. The van der Waals surface area contributed by atoms with Crippen LogP contribution in [0.25, 0.3) is 0 Å². The normalized spacial score (nSPS) is 16.1. The number of nitrogens with zero attached hydrogens (tertiary/aromatic N) is 2. The maximum Gasteiger partial charge on any atom is 0.226 e. The fourth-order valence-corrected chi connectivity index (χ4v) is 2.57. The van der Waals surface area contributed by atoms with Crippen LogP contribution in [0.2, 0.25) is 0 Å². The molecule has 0 bridgehead atoms. The average molecular weight is 256 g/mol. The van der Waals surface area contributed by atoms with Crippen LogP contribution in [0.4, 0.5) is 0 Å². The second-order valence-electron chi connectivity index (χ2n) is 5.22. The van der Waals surface area contributed by atoms with Gasteiger partial charge in [0.15, 0.2) is 0 Å². The first-order valence-corrected chi connectivity index (χ1v) is 6.99. The van der Waals surface area contributed by atoms with E-state index in [4.69, 9.17) is 5.26 Å². The van der Waals surface area contributed by atoms with E-state index in [-0.39, 0.29) is 5.91 Å². The Labute approximate surface area is 114 Å². The molecule has 19 heavy (non-hydrogen) atoms. The molecule has 0 radical (unpaired) electrons. The van der Waals surface area contributed by atoms with E-state index in [2.05, 4.69) is 13.0 Å². The monoisotopic (exact) mass is 256 g/mol. The largest absolute Gasteiger partial charge is 0.342 e. The van der Waals surface area contributed by atoms with Crippen LogP contribution in [0.5, 0.6) is 0 Å². The molecular formula is C16H20N2O. The minimum absolute atomic E-state index is 0.208. The van der Waals surface area contributed by atoms with Crippen LogP contribution in [-0.4, -0.2) is 23.9 Å². The highest BCUT2D eigenvalue weighted by Crippen LogP contribution is 2.20. The molecular weight excluding hydrogens is 236 g/mol. The van der Waals surface area contributed by atoms with Gasteiger partial charge in [-0.25, -0.2) is 0 Å². The molecule has 0 unspecified atom stereocenters. The molecule has 3 heteroatoms. The summed E-state index contributed by atoms with van der Waals surface area (Å²) < 4.78 is 0. The smallest absolute Gasteiger partial charge is 0.226 e. The first-order valence-electron chi connectivity index (χ1n) is 6.99. The third-order valence-corrected chi connectivity index (χ3v) is 3.98. The number of hydrogen-bond acceptors (Lipinski definition) is 2. The van der Waals surface area contributed by atoms with Gasteiger partial charge >= 0.3 is 0 Å². The molecule has 3 nitrogen and oxygen atoms in total. The van der Waals surface area contributed by atoms with Crippen LogP contribution in [0.1, 0.15) is 37.3 Å². The van der Waals surface area contributed by atoms with Crippen molar-refractivity contribution in [3.63, 3.8) is 0 Å². The van der Waals surface area contributed by atoms with Gasteiger partial charge in [-0.15, -0.1) is 0 Å². The van der Waals surface area contributed by atoms with E-state index in [1.807, 2.05) is 17.0 Å². The summed E-state index contributed by atoms with van der Waals surface area (Å²) >= 11 is 0. The second kappa shape index (κ2) is 6.38. The zero-order valence-corrected chi connectivity index (χ0v) is 11.4. The van der Waals surface area contributed by atoms with E-state index >= 15 is 0 Å². The van der Waals surface area contributed by atoms with E-state index < -0.39 is 0 Å². The Morgan fingerprint density at radius 3 is 2.47 bits per heavy atom. The van der Waals surface area contributed by atoms with E-state index in [9.17, 15) is 4.79 Å². The molecule has 0 aromatic heterocycles. The third-order valence-electron chi connectivity index (χ3n) is 3.98. The van der Waals surface area contributed by atoms with Gasteiger partial charge in [-0.05, 0) is 36.5 Å². The van der Waals surface area contributed by atoms with Crippen LogP contribution < -0.4 is 0 Å². The molecule has 2 rings (SSSR count). The highest BCUT2D eigenvalue weighted by molar-refractivity contribution is 5.78. The van der Waals surface area contributed by atoms with Crippen molar-refractivity contribution < 1.29 is 4.79 Å². The van der Waals surface area contributed by atoms with Gasteiger partial charge < -0.3 is 4.90 Å². The van der Waals surface area contributed by atoms with Gasteiger partial charge in [-0.1, -0.05) is 25.5 Å². The van der Waals surface area contributed by atoms with Gasteiger partial charge in [0.05, 0.1) is 18.1 Å². The van der Waals surface area contributed by atoms with Crippen LogP contribution in [0.15, 0.2) is 24.3 Å². The lowest BCUT2D eigenvalue weighted by molar-refractivity contribution is -0.131. The van der Waals surface area contributed by atoms with E-state index in [1.165, 1.54) is 6.42 Å². The molecule has 0 atom stereocenters. The molecule has 1 aliphatic heterocycles. The van der Waals surface area contributed by atoms with Crippen molar-refractivity contribution in [2.24, 2.45) is 5.92 Å². The van der Waals surface area contributed by atoms with Gasteiger partial charge in [0.1, 0.15) is 0 Å². The van der Waals surface area contributed by atoms with E-state index in [1.54, 1.807) is 12.1 Å². The SMILES string of the molecule is CCC1CCN(C(=O)Cc2ccc(C#N)cc2)CC1. The highest BCUT2D eigenvalue weighted by atomic mass is 16.2. The Hall–Kier alpha value is -1.82. The minimum atomic E-state index is 0.208. The Morgan fingerprint density at radius 1 is 1.32 bits per heavy atom. The summed E-state index contributed by atoms with van der Waals surface area (Å²) in [5, 5.41) is 8.74. The lowest BCUT2D eigenvalue weighted by Gasteiger charge is -2.31. The molecule has 1 heterocycles. The molecule has 1 aromatic carbocycles. The quantitative estimate of drug-likeness (QED) is 0.834. The minimum Gasteiger partial charge on any atom is -0.342 e. The average Bonchev–Trinajstić information content (AvgIpc) is 2.48. The number of carbonyl (C=O) groups is 1. The summed E-state index contributed by atoms with van der Waals surface area (Å²) in [6.45, 7) is 4.01. The highest BCUT2D eigenvalue weighted by Gasteiger charge is 2.21. The Morgan fingerprint density at radius 2 is 1.95 bits per heavy atom. The standard InChI is InChI=1S/C16H20N2O/c1-2-13-7-9-18(10-8-13)16(19)11-14-3-5-15(12-17)6-4-14/h3-6,13H,2,7-11H2,1H3. The molecule has 0 spiro atoms. The fraction of sp³-hybridized carbons (Fsp3) is 0.500. The Bertz CT molecular complexity index is 465. The summed E-state index contributed by atoms with van der Waals surface area (Å²) in [6.07, 6.45) is 3.94. The third kappa shape index (κ3) is 3.57. The molecule has 1 aromatic rings. The molecule has 0 N–H and O–H groups in total.